The van der Waals surface area contributed by atoms with Gasteiger partial charge >= 0.3 is 0 Å². The highest BCUT2D eigenvalue weighted by molar-refractivity contribution is 6.49. The van der Waals surface area contributed by atoms with Crippen molar-refractivity contribution in [2.24, 2.45) is 0 Å². The summed E-state index contributed by atoms with van der Waals surface area (Å²) in [5.74, 6) is -1.30. The van der Waals surface area contributed by atoms with Crippen molar-refractivity contribution in [2.45, 2.75) is 20.8 Å². The van der Waals surface area contributed by atoms with Crippen LogP contribution in [0, 0.1) is 30.6 Å². The van der Waals surface area contributed by atoms with Crippen LogP contribution < -0.4 is 0 Å². The molecule has 0 bridgehead atoms. The summed E-state index contributed by atoms with van der Waals surface area (Å²) in [5, 5.41) is 15.9. The third-order valence-corrected chi connectivity index (χ3v) is 3.12. The van der Waals surface area contributed by atoms with Crippen LogP contribution in [-0.2, 0) is 9.59 Å². The summed E-state index contributed by atoms with van der Waals surface area (Å²) in [4.78, 5) is 23.2. The highest BCUT2D eigenvalue weighted by atomic mass is 16.2. The number of hydrogen-bond acceptors (Lipinski definition) is 4. The number of likely N-dealkylation sites (N-methyl/N-ethyl adjacent to an activating group) is 1. The fraction of sp³-hybridized carbons (Fsp3) is 0.250. The Hall–Kier alpha value is -2.74. The van der Waals surface area contributed by atoms with Crippen molar-refractivity contribution in [1.29, 1.82) is 10.7 Å². The fourth-order valence-corrected chi connectivity index (χ4v) is 1.64. The van der Waals surface area contributed by atoms with Gasteiger partial charge in [0.15, 0.2) is 0 Å². The molecule has 0 saturated heterocycles. The maximum absolute atomic E-state index is 11.3. The summed E-state index contributed by atoms with van der Waals surface area (Å²) in [7, 11) is 1.25. The number of benzene rings is 1. The van der Waals surface area contributed by atoms with E-state index in [-0.39, 0.29) is 16.9 Å². The first-order valence-electron chi connectivity index (χ1n) is 6.35. The van der Waals surface area contributed by atoms with Gasteiger partial charge in [0.2, 0.25) is 0 Å². The topological polar surface area (TPSA) is 85.0 Å². The Kier molecular flexibility index (Phi) is 5.14. The largest absolute Gasteiger partial charge is 0.295 e. The van der Waals surface area contributed by atoms with E-state index in [0.29, 0.717) is 0 Å². The number of aryl methyl sites for hydroxylation is 2. The highest BCUT2D eigenvalue weighted by Crippen LogP contribution is 2.15. The van der Waals surface area contributed by atoms with Gasteiger partial charge in [0, 0.05) is 12.6 Å². The average molecular weight is 283 g/mol. The van der Waals surface area contributed by atoms with E-state index in [1.807, 2.05) is 0 Å². The minimum Gasteiger partial charge on any atom is -0.295 e. The second-order valence-corrected chi connectivity index (χ2v) is 4.81. The van der Waals surface area contributed by atoms with E-state index in [4.69, 9.17) is 10.7 Å². The predicted octanol–water partition coefficient (Wildman–Crippen LogP) is 2.15. The zero-order chi connectivity index (χ0) is 16.2. The van der Waals surface area contributed by atoms with Crippen LogP contribution in [0.3, 0.4) is 0 Å². The number of carbonyl (C=O) groups is 2. The average Bonchev–Trinajstić information content (AvgIpc) is 2.47. The Morgan fingerprint density at radius 2 is 1.43 bits per heavy atom. The number of hydrogen-bond donors (Lipinski definition) is 1. The Morgan fingerprint density at radius 3 is 1.81 bits per heavy atom. The van der Waals surface area contributed by atoms with Gasteiger partial charge in [-0.05, 0) is 20.8 Å². The Morgan fingerprint density at radius 1 is 1.00 bits per heavy atom. The first kappa shape index (κ1) is 16.3. The maximum Gasteiger partial charge on any atom is 0.278 e. The number of nitriles is 1. The molecule has 0 unspecified atom stereocenters. The summed E-state index contributed by atoms with van der Waals surface area (Å²) in [6, 6.07) is 10.2. The van der Waals surface area contributed by atoms with Gasteiger partial charge < -0.3 is 0 Å². The van der Waals surface area contributed by atoms with Gasteiger partial charge in [-0.25, -0.2) is 0 Å². The van der Waals surface area contributed by atoms with Gasteiger partial charge in [-0.3, -0.25) is 19.9 Å². The number of nitrogens with one attached hydrogen (secondary N) is 1. The molecule has 0 radical (unpaired) electrons. The Bertz CT molecular complexity index is 643. The van der Waals surface area contributed by atoms with Gasteiger partial charge in [0.1, 0.15) is 17.4 Å². The van der Waals surface area contributed by atoms with Gasteiger partial charge in [0.25, 0.3) is 11.8 Å². The van der Waals surface area contributed by atoms with Crippen LogP contribution >= 0.6 is 0 Å². The molecular formula is C16H17N3O2. The van der Waals surface area contributed by atoms with Crippen molar-refractivity contribution in [3.8, 4) is 6.07 Å². The molecule has 0 fully saturated rings. The first-order valence-corrected chi connectivity index (χ1v) is 6.35. The normalized spacial score (nSPS) is 14.6. The molecule has 0 saturated carbocycles. The lowest BCUT2D eigenvalue weighted by Crippen LogP contribution is -2.43. The van der Waals surface area contributed by atoms with Gasteiger partial charge in [0.05, 0.1) is 0 Å². The number of imide groups is 1. The lowest BCUT2D eigenvalue weighted by Gasteiger charge is -2.21. The van der Waals surface area contributed by atoms with Crippen molar-refractivity contribution in [1.82, 2.24) is 4.90 Å². The molecule has 1 aromatic rings. The van der Waals surface area contributed by atoms with Crippen molar-refractivity contribution < 1.29 is 9.59 Å². The van der Waals surface area contributed by atoms with E-state index in [2.05, 4.69) is 38.1 Å². The number of rotatable bonds is 0. The summed E-state index contributed by atoms with van der Waals surface area (Å²) >= 11 is 0. The molecule has 21 heavy (non-hydrogen) atoms. The fourth-order valence-electron chi connectivity index (χ4n) is 1.64. The third kappa shape index (κ3) is 3.63. The van der Waals surface area contributed by atoms with Crippen molar-refractivity contribution in [3.63, 3.8) is 0 Å². The highest BCUT2D eigenvalue weighted by Gasteiger charge is 2.32. The molecule has 5 heteroatoms. The lowest BCUT2D eigenvalue weighted by molar-refractivity contribution is -0.136. The molecule has 2 amide bonds. The predicted molar refractivity (Wildman–Crippen MR) is 79.7 cm³/mol. The second kappa shape index (κ2) is 6.62. The summed E-state index contributed by atoms with van der Waals surface area (Å²) in [6.07, 6.45) is 0. The molecule has 0 atom stereocenters. The molecule has 1 aliphatic rings. The van der Waals surface area contributed by atoms with E-state index in [9.17, 15) is 9.59 Å². The number of carbonyl (C=O) groups excluding carboxylic acids is 2. The minimum absolute atomic E-state index is 0.132. The molecular weight excluding hydrogens is 266 g/mol. The quantitative estimate of drug-likeness (QED) is 0.740. The summed E-state index contributed by atoms with van der Waals surface area (Å²) in [6.45, 7) is 5.61. The monoisotopic (exact) mass is 283 g/mol. The molecule has 5 nitrogen and oxygen atoms in total. The minimum atomic E-state index is -0.665. The standard InChI is InChI=1S/C8H7N3O2.C8H10/c1-4-5(3-9)7(12)11(2)8(13)6(4)10;1-7-3-5-8(2)6-4-7/h10H,1-2H3;3-6H,1-2H3. The molecule has 0 aliphatic carbocycles. The van der Waals surface area contributed by atoms with Crippen molar-refractivity contribution in [3.05, 3.63) is 46.5 Å². The van der Waals surface area contributed by atoms with Crippen LogP contribution in [0.2, 0.25) is 0 Å². The van der Waals surface area contributed by atoms with Crippen molar-refractivity contribution in [2.75, 3.05) is 7.05 Å². The summed E-state index contributed by atoms with van der Waals surface area (Å²) < 4.78 is 0. The third-order valence-electron chi connectivity index (χ3n) is 3.12. The van der Waals surface area contributed by atoms with E-state index in [0.717, 1.165) is 4.90 Å². The molecule has 1 aromatic carbocycles. The first-order chi connectivity index (χ1) is 9.79. The zero-order valence-corrected chi connectivity index (χ0v) is 12.5. The molecule has 0 spiro atoms. The molecule has 108 valence electrons. The van der Waals surface area contributed by atoms with Crippen LogP contribution in [0.25, 0.3) is 0 Å². The van der Waals surface area contributed by atoms with E-state index in [1.54, 1.807) is 6.07 Å². The van der Waals surface area contributed by atoms with Crippen LogP contribution in [0.1, 0.15) is 18.1 Å². The number of amides is 2. The SMILES string of the molecule is CC1=C(C#N)C(=O)N(C)C(=O)C1=N.Cc1ccc(C)cc1. The Labute approximate surface area is 124 Å². The van der Waals surface area contributed by atoms with Crippen LogP contribution in [0.5, 0.6) is 0 Å². The molecule has 1 heterocycles. The van der Waals surface area contributed by atoms with E-state index < -0.39 is 11.8 Å². The van der Waals surface area contributed by atoms with Crippen LogP contribution in [0.15, 0.2) is 35.4 Å². The number of nitrogens with zero attached hydrogens (tertiary/aromatic N) is 2. The van der Waals surface area contributed by atoms with E-state index >= 15 is 0 Å². The molecule has 0 aromatic heterocycles. The maximum atomic E-state index is 11.3. The summed E-state index contributed by atoms with van der Waals surface area (Å²) in [5.41, 5.74) is 2.38. The van der Waals surface area contributed by atoms with E-state index in [1.165, 1.54) is 25.1 Å². The van der Waals surface area contributed by atoms with Gasteiger partial charge in [-0.15, -0.1) is 0 Å². The Balaban J connectivity index is 0.000000235. The van der Waals surface area contributed by atoms with Gasteiger partial charge in [-0.1, -0.05) is 35.4 Å². The van der Waals surface area contributed by atoms with Gasteiger partial charge in [-0.2, -0.15) is 5.26 Å². The van der Waals surface area contributed by atoms with Crippen LogP contribution in [-0.4, -0.2) is 29.5 Å². The smallest absolute Gasteiger partial charge is 0.278 e. The molecule has 1 N–H and O–H groups in total. The molecule has 2 rings (SSSR count). The zero-order valence-electron chi connectivity index (χ0n) is 12.5. The lowest BCUT2D eigenvalue weighted by atomic mass is 10.00. The van der Waals surface area contributed by atoms with Crippen molar-refractivity contribution >= 4 is 17.5 Å². The molecule has 1 aliphatic heterocycles. The van der Waals surface area contributed by atoms with Crippen LogP contribution in [0.4, 0.5) is 0 Å². The second-order valence-electron chi connectivity index (χ2n) is 4.81.